The second-order valence-corrected chi connectivity index (χ2v) is 7.75. The van der Waals surface area contributed by atoms with E-state index >= 15 is 0 Å². The Hall–Kier alpha value is -1.17. The average molecular weight is 308 g/mol. The van der Waals surface area contributed by atoms with E-state index in [1.807, 2.05) is 36.4 Å². The van der Waals surface area contributed by atoms with Crippen LogP contribution in [0.4, 0.5) is 0 Å². The first-order chi connectivity index (χ1) is 9.84. The van der Waals surface area contributed by atoms with Gasteiger partial charge in [-0.1, -0.05) is 62.8 Å². The molecule has 0 radical (unpaired) electrons. The normalized spacial score (nSPS) is 38.0. The molecular weight excluding hydrogens is 288 g/mol. The first-order valence-electron chi connectivity index (χ1n) is 7.23. The monoisotopic (exact) mass is 308 g/mol. The lowest BCUT2D eigenvalue weighted by atomic mass is 9.71. The molecule has 114 valence electrons. The Kier molecular flexibility index (Phi) is 3.28. The molecule has 1 aliphatic heterocycles. The smallest absolute Gasteiger partial charge is 0.274 e. The summed E-state index contributed by atoms with van der Waals surface area (Å²) in [4.78, 5) is 0. The number of epoxide rings is 1. The van der Waals surface area contributed by atoms with E-state index < -0.39 is 21.0 Å². The Morgan fingerprint density at radius 2 is 1.95 bits per heavy atom. The molecule has 1 aromatic carbocycles. The standard InChI is InChI=1S/C16H20O4S/c1-3-10-15(2)11-9-13(21(17,18)19)16(14(15)20-16)12-7-5-4-6-8-12/h4-9,11,13-14H,3,10H2,1-2H3,(H,17,18,19)/t13?,14-,15?,16+/m1/s1. The third-order valence-corrected chi connectivity index (χ3v) is 5.80. The second kappa shape index (κ2) is 4.66. The summed E-state index contributed by atoms with van der Waals surface area (Å²) in [7, 11) is -4.22. The zero-order chi connectivity index (χ0) is 15.3. The van der Waals surface area contributed by atoms with Crippen molar-refractivity contribution < 1.29 is 17.7 Å². The molecule has 1 aromatic rings. The van der Waals surface area contributed by atoms with Crippen LogP contribution in [0.2, 0.25) is 0 Å². The molecule has 3 rings (SSSR count). The van der Waals surface area contributed by atoms with E-state index in [9.17, 15) is 13.0 Å². The summed E-state index contributed by atoms with van der Waals surface area (Å²) in [5.41, 5.74) is -0.344. The quantitative estimate of drug-likeness (QED) is 0.527. The minimum absolute atomic E-state index is 0.203. The number of ether oxygens (including phenoxy) is 1. The summed E-state index contributed by atoms with van der Waals surface area (Å²) in [5.74, 6) is 0. The average Bonchev–Trinajstić information content (AvgIpc) is 3.17. The van der Waals surface area contributed by atoms with Crippen LogP contribution in [0.1, 0.15) is 32.3 Å². The molecule has 0 saturated carbocycles. The molecule has 1 heterocycles. The Morgan fingerprint density at radius 1 is 1.29 bits per heavy atom. The zero-order valence-corrected chi connectivity index (χ0v) is 13.0. The van der Waals surface area contributed by atoms with E-state index in [2.05, 4.69) is 13.8 Å². The highest BCUT2D eigenvalue weighted by Gasteiger charge is 2.72. The fourth-order valence-corrected chi connectivity index (χ4v) is 4.73. The number of hydrogen-bond donors (Lipinski definition) is 1. The first-order valence-corrected chi connectivity index (χ1v) is 8.74. The molecule has 4 atom stereocenters. The predicted molar refractivity (Wildman–Crippen MR) is 80.5 cm³/mol. The molecule has 2 aliphatic rings. The van der Waals surface area contributed by atoms with Crippen LogP contribution in [0.25, 0.3) is 0 Å². The maximum Gasteiger partial charge on any atom is 0.274 e. The highest BCUT2D eigenvalue weighted by molar-refractivity contribution is 7.86. The van der Waals surface area contributed by atoms with Crippen LogP contribution in [0.5, 0.6) is 0 Å². The van der Waals surface area contributed by atoms with Crippen molar-refractivity contribution in [2.24, 2.45) is 5.41 Å². The van der Waals surface area contributed by atoms with Gasteiger partial charge in [-0.05, 0) is 12.0 Å². The van der Waals surface area contributed by atoms with E-state index in [-0.39, 0.29) is 11.5 Å². The molecule has 1 fully saturated rings. The van der Waals surface area contributed by atoms with Crippen LogP contribution in [-0.2, 0) is 20.5 Å². The highest BCUT2D eigenvalue weighted by atomic mass is 32.2. The third kappa shape index (κ3) is 2.15. The molecule has 0 aromatic heterocycles. The molecule has 1 aliphatic carbocycles. The predicted octanol–water partition coefficient (Wildman–Crippen LogP) is 2.91. The van der Waals surface area contributed by atoms with Crippen molar-refractivity contribution in [1.29, 1.82) is 0 Å². The topological polar surface area (TPSA) is 66.9 Å². The van der Waals surface area contributed by atoms with Crippen LogP contribution in [-0.4, -0.2) is 24.3 Å². The van der Waals surface area contributed by atoms with E-state index in [4.69, 9.17) is 4.74 Å². The van der Waals surface area contributed by atoms with Crippen molar-refractivity contribution in [1.82, 2.24) is 0 Å². The Balaban J connectivity index is 2.12. The largest absolute Gasteiger partial charge is 0.358 e. The molecule has 4 nitrogen and oxygen atoms in total. The third-order valence-electron chi connectivity index (χ3n) is 4.65. The van der Waals surface area contributed by atoms with E-state index in [1.54, 1.807) is 6.08 Å². The van der Waals surface area contributed by atoms with Crippen molar-refractivity contribution >= 4 is 10.1 Å². The van der Waals surface area contributed by atoms with Crippen molar-refractivity contribution in [3.05, 3.63) is 48.0 Å². The van der Waals surface area contributed by atoms with Crippen LogP contribution in [0.3, 0.4) is 0 Å². The molecule has 5 heteroatoms. The fraction of sp³-hybridized carbons (Fsp3) is 0.500. The van der Waals surface area contributed by atoms with Gasteiger partial charge in [0.05, 0.1) is 0 Å². The number of rotatable bonds is 4. The van der Waals surface area contributed by atoms with Gasteiger partial charge >= 0.3 is 0 Å². The summed E-state index contributed by atoms with van der Waals surface area (Å²) in [6, 6.07) is 9.33. The summed E-state index contributed by atoms with van der Waals surface area (Å²) in [6.07, 6.45) is 5.18. The minimum Gasteiger partial charge on any atom is -0.358 e. The Labute approximate surface area is 125 Å². The van der Waals surface area contributed by atoms with Gasteiger partial charge in [0.2, 0.25) is 0 Å². The van der Waals surface area contributed by atoms with Gasteiger partial charge in [-0.25, -0.2) is 0 Å². The molecular formula is C16H20O4S. The maximum absolute atomic E-state index is 11.8. The number of hydrogen-bond acceptors (Lipinski definition) is 3. The lowest BCUT2D eigenvalue weighted by Gasteiger charge is -2.32. The summed E-state index contributed by atoms with van der Waals surface area (Å²) < 4.78 is 39.2. The Morgan fingerprint density at radius 3 is 2.52 bits per heavy atom. The van der Waals surface area contributed by atoms with Gasteiger partial charge in [0, 0.05) is 5.41 Å². The lowest BCUT2D eigenvalue weighted by molar-refractivity contribution is 0.247. The van der Waals surface area contributed by atoms with Crippen LogP contribution < -0.4 is 0 Å². The van der Waals surface area contributed by atoms with E-state index in [0.717, 1.165) is 18.4 Å². The van der Waals surface area contributed by atoms with Gasteiger partial charge in [0.25, 0.3) is 10.1 Å². The molecule has 2 unspecified atom stereocenters. The number of benzene rings is 1. The van der Waals surface area contributed by atoms with E-state index in [1.165, 1.54) is 0 Å². The number of fused-ring (bicyclic) bond motifs is 1. The van der Waals surface area contributed by atoms with Crippen LogP contribution >= 0.6 is 0 Å². The van der Waals surface area contributed by atoms with Gasteiger partial charge in [-0.15, -0.1) is 0 Å². The second-order valence-electron chi connectivity index (χ2n) is 6.21. The summed E-state index contributed by atoms with van der Waals surface area (Å²) in [6.45, 7) is 4.18. The first kappa shape index (κ1) is 14.8. The highest BCUT2D eigenvalue weighted by Crippen LogP contribution is 2.62. The van der Waals surface area contributed by atoms with Gasteiger partial charge < -0.3 is 4.74 Å². The van der Waals surface area contributed by atoms with Gasteiger partial charge in [0.1, 0.15) is 17.0 Å². The summed E-state index contributed by atoms with van der Waals surface area (Å²) in [5, 5.41) is -1.04. The zero-order valence-electron chi connectivity index (χ0n) is 12.2. The lowest BCUT2D eigenvalue weighted by Crippen LogP contribution is -2.42. The van der Waals surface area contributed by atoms with Crippen molar-refractivity contribution in [2.75, 3.05) is 0 Å². The summed E-state index contributed by atoms with van der Waals surface area (Å²) >= 11 is 0. The van der Waals surface area contributed by atoms with Crippen LogP contribution in [0, 0.1) is 5.41 Å². The van der Waals surface area contributed by atoms with Crippen molar-refractivity contribution in [3.63, 3.8) is 0 Å². The Bertz CT molecular complexity index is 667. The molecule has 1 N–H and O–H groups in total. The van der Waals surface area contributed by atoms with Crippen molar-refractivity contribution in [2.45, 2.75) is 43.6 Å². The molecule has 21 heavy (non-hydrogen) atoms. The maximum atomic E-state index is 11.8. The van der Waals surface area contributed by atoms with Crippen LogP contribution in [0.15, 0.2) is 42.5 Å². The van der Waals surface area contributed by atoms with Gasteiger partial charge in [0.15, 0.2) is 0 Å². The van der Waals surface area contributed by atoms with Gasteiger partial charge in [-0.2, -0.15) is 8.42 Å². The van der Waals surface area contributed by atoms with Gasteiger partial charge in [-0.3, -0.25) is 4.55 Å². The van der Waals surface area contributed by atoms with E-state index in [0.29, 0.717) is 0 Å². The van der Waals surface area contributed by atoms with Crippen molar-refractivity contribution in [3.8, 4) is 0 Å². The minimum atomic E-state index is -4.22. The fourth-order valence-electron chi connectivity index (χ4n) is 3.70. The molecule has 0 amide bonds. The molecule has 0 spiro atoms. The SMILES string of the molecule is CCCC1(C)C=CC(S(=O)(=O)O)[C@]2(c3ccccc3)O[C@H]12. The molecule has 0 bridgehead atoms. The molecule has 1 saturated heterocycles.